The van der Waals surface area contributed by atoms with E-state index in [4.69, 9.17) is 14.2 Å². The van der Waals surface area contributed by atoms with Gasteiger partial charge < -0.3 is 24.6 Å². The molecule has 1 aliphatic carbocycles. The molecule has 1 unspecified atom stereocenters. The van der Waals surface area contributed by atoms with Crippen LogP contribution in [0.2, 0.25) is 0 Å². The first-order valence-corrected chi connectivity index (χ1v) is 26.3. The summed E-state index contributed by atoms with van der Waals surface area (Å²) in [6.45, 7) is 4.48. The van der Waals surface area contributed by atoms with Gasteiger partial charge in [0.25, 0.3) is 0 Å². The molecule has 3 rings (SSSR count). The molecular weight excluding hydrogens is 811 g/mol. The Morgan fingerprint density at radius 3 is 1.41 bits per heavy atom. The molecule has 10 heteroatoms. The monoisotopic (exact) mass is 894 g/mol. The van der Waals surface area contributed by atoms with Gasteiger partial charge in [-0.3, -0.25) is 9.59 Å². The molecule has 2 aromatic carbocycles. The molecule has 0 fully saturated rings. The lowest BCUT2D eigenvalue weighted by Gasteiger charge is -2.20. The van der Waals surface area contributed by atoms with Gasteiger partial charge >= 0.3 is 24.0 Å². The molecule has 354 valence electrons. The highest BCUT2D eigenvalue weighted by Gasteiger charge is 2.30. The van der Waals surface area contributed by atoms with Gasteiger partial charge in [0.1, 0.15) is 25.4 Å². The first kappa shape index (κ1) is 53.8. The van der Waals surface area contributed by atoms with E-state index < -0.39 is 24.2 Å². The number of amides is 1. The minimum Gasteiger partial charge on any atom is -0.480 e. The lowest BCUT2D eigenvalue weighted by Crippen LogP contribution is -2.43. The molecule has 2 aromatic rings. The van der Waals surface area contributed by atoms with E-state index in [0.717, 1.165) is 60.8 Å². The van der Waals surface area contributed by atoms with E-state index in [1.165, 1.54) is 140 Å². The molecular formula is C53H83NO8S. The molecule has 63 heavy (non-hydrogen) atoms. The van der Waals surface area contributed by atoms with Crippen LogP contribution in [0.15, 0.2) is 48.5 Å². The van der Waals surface area contributed by atoms with E-state index in [0.29, 0.717) is 6.42 Å². The number of aliphatic carboxylic acids is 1. The summed E-state index contributed by atoms with van der Waals surface area (Å²) in [4.78, 5) is 50.8. The number of carboxylic acid groups (broad SMARTS) is 1. The van der Waals surface area contributed by atoms with Crippen LogP contribution in [0.5, 0.6) is 0 Å². The zero-order valence-corrected chi connectivity index (χ0v) is 40.0. The number of ether oxygens (including phenoxy) is 3. The van der Waals surface area contributed by atoms with E-state index >= 15 is 0 Å². The Balaban J connectivity index is 1.39. The summed E-state index contributed by atoms with van der Waals surface area (Å²) in [5, 5.41) is 12.5. The Labute approximate surface area is 385 Å². The number of carboxylic acids is 1. The van der Waals surface area contributed by atoms with Crippen LogP contribution in [0.3, 0.4) is 0 Å². The summed E-state index contributed by atoms with van der Waals surface area (Å²) in [6.07, 6.45) is 30.8. The lowest BCUT2D eigenvalue weighted by atomic mass is 9.98. The number of carbonyl (C=O) groups excluding carboxylic acids is 3. The van der Waals surface area contributed by atoms with Crippen LogP contribution in [-0.4, -0.2) is 66.0 Å². The SMILES string of the molecule is CCCCCCCCCCCCCCCC(=O)OCC(CSC[C@H](NC(=O)OCC1c2ccccc2-c2ccccc21)C(=O)O)OC(=O)CCCCCCCCCCCCCCC. The predicted molar refractivity (Wildman–Crippen MR) is 258 cm³/mol. The standard InChI is InChI=1S/C53H83NO8S/c1-3-5-7-9-11-13-15-17-19-21-23-25-27-37-50(55)60-39-43(62-51(56)38-28-26-24-22-20-18-16-14-12-10-8-6-4-2)41-63-42-49(52(57)58)54-53(59)61-40-48-46-35-31-29-33-44(46)45-34-30-32-36-47(45)48/h29-36,43,48-49H,3-28,37-42H2,1-2H3,(H,54,59)(H,57,58)/t43?,49-/m0/s1. The number of hydrogen-bond donors (Lipinski definition) is 2. The van der Waals surface area contributed by atoms with Crippen LogP contribution in [0.1, 0.15) is 211 Å². The van der Waals surface area contributed by atoms with E-state index in [9.17, 15) is 24.3 Å². The van der Waals surface area contributed by atoms with Crippen molar-refractivity contribution in [1.29, 1.82) is 0 Å². The summed E-state index contributed by atoms with van der Waals surface area (Å²) in [7, 11) is 0. The minimum atomic E-state index is -1.23. The molecule has 0 aromatic heterocycles. The van der Waals surface area contributed by atoms with Crippen LogP contribution in [-0.2, 0) is 28.6 Å². The molecule has 0 spiro atoms. The molecule has 2 atom stereocenters. The number of esters is 2. The van der Waals surface area contributed by atoms with E-state index in [2.05, 4.69) is 31.3 Å². The maximum atomic E-state index is 13.0. The van der Waals surface area contributed by atoms with E-state index in [1.807, 2.05) is 36.4 Å². The van der Waals surface area contributed by atoms with Crippen molar-refractivity contribution in [2.75, 3.05) is 24.7 Å². The Hall–Kier alpha value is -3.53. The first-order chi connectivity index (χ1) is 30.8. The van der Waals surface area contributed by atoms with Crippen molar-refractivity contribution >= 4 is 35.8 Å². The molecule has 0 saturated carbocycles. The number of hydrogen-bond acceptors (Lipinski definition) is 8. The quantitative estimate of drug-likeness (QED) is 0.0383. The Morgan fingerprint density at radius 1 is 0.556 bits per heavy atom. The lowest BCUT2D eigenvalue weighted by molar-refractivity contribution is -0.157. The van der Waals surface area contributed by atoms with Crippen molar-refractivity contribution in [3.8, 4) is 11.1 Å². The van der Waals surface area contributed by atoms with Gasteiger partial charge in [0.05, 0.1) is 0 Å². The number of alkyl carbamates (subject to hydrolysis) is 1. The molecule has 0 bridgehead atoms. The second kappa shape index (κ2) is 34.8. The average Bonchev–Trinajstić information content (AvgIpc) is 3.60. The number of thioether (sulfide) groups is 1. The van der Waals surface area contributed by atoms with Crippen LogP contribution in [0.25, 0.3) is 11.1 Å². The third-order valence-corrected chi connectivity index (χ3v) is 13.4. The van der Waals surface area contributed by atoms with Gasteiger partial charge in [0.2, 0.25) is 0 Å². The molecule has 1 aliphatic rings. The maximum Gasteiger partial charge on any atom is 0.407 e. The predicted octanol–water partition coefficient (Wildman–Crippen LogP) is 14.1. The molecule has 0 aliphatic heterocycles. The maximum absolute atomic E-state index is 13.0. The van der Waals surface area contributed by atoms with Crippen molar-refractivity contribution in [2.24, 2.45) is 0 Å². The number of nitrogens with one attached hydrogen (secondary N) is 1. The van der Waals surface area contributed by atoms with Crippen molar-refractivity contribution in [2.45, 2.75) is 212 Å². The molecule has 0 radical (unpaired) electrons. The molecule has 0 saturated heterocycles. The fraction of sp³-hybridized carbons (Fsp3) is 0.698. The number of carbonyl (C=O) groups is 4. The van der Waals surface area contributed by atoms with Crippen LogP contribution >= 0.6 is 11.8 Å². The highest BCUT2D eigenvalue weighted by Crippen LogP contribution is 2.44. The summed E-state index contributed by atoms with van der Waals surface area (Å²) < 4.78 is 17.0. The zero-order chi connectivity index (χ0) is 45.2. The van der Waals surface area contributed by atoms with Crippen molar-refractivity contribution < 1.29 is 38.5 Å². The molecule has 9 nitrogen and oxygen atoms in total. The molecule has 0 heterocycles. The Kier molecular flexibility index (Phi) is 29.7. The van der Waals surface area contributed by atoms with Crippen LogP contribution < -0.4 is 5.32 Å². The Morgan fingerprint density at radius 2 is 0.968 bits per heavy atom. The summed E-state index contributed by atoms with van der Waals surface area (Å²) >= 11 is 1.22. The van der Waals surface area contributed by atoms with E-state index in [1.54, 1.807) is 0 Å². The fourth-order valence-corrected chi connectivity index (χ4v) is 9.49. The fourth-order valence-electron chi connectivity index (χ4n) is 8.47. The summed E-state index contributed by atoms with van der Waals surface area (Å²) in [5.41, 5.74) is 4.34. The smallest absolute Gasteiger partial charge is 0.407 e. The van der Waals surface area contributed by atoms with Crippen molar-refractivity contribution in [3.63, 3.8) is 0 Å². The van der Waals surface area contributed by atoms with Crippen LogP contribution in [0.4, 0.5) is 4.79 Å². The third-order valence-electron chi connectivity index (χ3n) is 12.2. The number of unbranched alkanes of at least 4 members (excludes halogenated alkanes) is 24. The second-order valence-electron chi connectivity index (χ2n) is 17.7. The first-order valence-electron chi connectivity index (χ1n) is 25.1. The van der Waals surface area contributed by atoms with Gasteiger partial charge in [0.15, 0.2) is 0 Å². The minimum absolute atomic E-state index is 0.0132. The van der Waals surface area contributed by atoms with Gasteiger partial charge in [0, 0.05) is 30.3 Å². The summed E-state index contributed by atoms with van der Waals surface area (Å²) in [5.74, 6) is -1.78. The van der Waals surface area contributed by atoms with Crippen molar-refractivity contribution in [3.05, 3.63) is 59.7 Å². The number of benzene rings is 2. The van der Waals surface area contributed by atoms with Crippen molar-refractivity contribution in [1.82, 2.24) is 5.32 Å². The summed E-state index contributed by atoms with van der Waals surface area (Å²) in [6, 6.07) is 14.8. The highest BCUT2D eigenvalue weighted by molar-refractivity contribution is 7.99. The third kappa shape index (κ3) is 23.8. The van der Waals surface area contributed by atoms with Crippen LogP contribution in [0, 0.1) is 0 Å². The van der Waals surface area contributed by atoms with Gasteiger partial charge in [-0.15, -0.1) is 0 Å². The van der Waals surface area contributed by atoms with Gasteiger partial charge in [-0.2, -0.15) is 11.8 Å². The topological polar surface area (TPSA) is 128 Å². The molecule has 1 amide bonds. The second-order valence-corrected chi connectivity index (χ2v) is 18.8. The highest BCUT2D eigenvalue weighted by atomic mass is 32.2. The van der Waals surface area contributed by atoms with Gasteiger partial charge in [-0.05, 0) is 35.1 Å². The van der Waals surface area contributed by atoms with E-state index in [-0.39, 0.29) is 49.0 Å². The van der Waals surface area contributed by atoms with Gasteiger partial charge in [-0.25, -0.2) is 9.59 Å². The average molecular weight is 894 g/mol. The van der Waals surface area contributed by atoms with Gasteiger partial charge in [-0.1, -0.05) is 216 Å². The Bertz CT molecular complexity index is 1500. The largest absolute Gasteiger partial charge is 0.480 e. The number of fused-ring (bicyclic) bond motifs is 3. The zero-order valence-electron chi connectivity index (χ0n) is 39.2. The normalized spacial score (nSPS) is 12.9. The molecule has 2 N–H and O–H groups in total. The number of rotatable bonds is 39.